The highest BCUT2D eigenvalue weighted by Crippen LogP contribution is 2.50. The van der Waals surface area contributed by atoms with Gasteiger partial charge in [0.25, 0.3) is 0 Å². The first kappa shape index (κ1) is 18.4. The van der Waals surface area contributed by atoms with E-state index in [0.29, 0.717) is 11.5 Å². The van der Waals surface area contributed by atoms with Crippen molar-refractivity contribution in [1.29, 1.82) is 0 Å². The molecule has 0 spiro atoms. The van der Waals surface area contributed by atoms with Crippen LogP contribution in [0, 0.1) is 47.0 Å². The van der Waals surface area contributed by atoms with Gasteiger partial charge in [0.2, 0.25) is 0 Å². The first-order chi connectivity index (χ1) is 12.5. The highest BCUT2D eigenvalue weighted by atomic mass is 19.2. The van der Waals surface area contributed by atoms with Crippen LogP contribution in [0.4, 0.5) is 13.2 Å². The van der Waals surface area contributed by atoms with Gasteiger partial charge < -0.3 is 0 Å². The second kappa shape index (κ2) is 7.56. The summed E-state index contributed by atoms with van der Waals surface area (Å²) < 4.78 is 40.4. The van der Waals surface area contributed by atoms with Crippen molar-refractivity contribution in [3.63, 3.8) is 0 Å². The van der Waals surface area contributed by atoms with E-state index in [1.807, 2.05) is 0 Å². The van der Waals surface area contributed by atoms with E-state index >= 15 is 0 Å². The van der Waals surface area contributed by atoms with E-state index < -0.39 is 17.5 Å². The molecule has 0 amide bonds. The number of hydrogen-bond acceptors (Lipinski definition) is 0. The van der Waals surface area contributed by atoms with Gasteiger partial charge >= 0.3 is 0 Å². The monoisotopic (exact) mass is 364 g/mol. The quantitative estimate of drug-likeness (QED) is 0.486. The summed E-state index contributed by atoms with van der Waals surface area (Å²) in [6, 6.07) is 2.44. The van der Waals surface area contributed by atoms with Crippen molar-refractivity contribution in [2.45, 2.75) is 77.0 Å². The molecule has 0 saturated heterocycles. The summed E-state index contributed by atoms with van der Waals surface area (Å²) in [6.45, 7) is 2.38. The Bertz CT molecular complexity index is 609. The van der Waals surface area contributed by atoms with Crippen LogP contribution in [0.2, 0.25) is 0 Å². The van der Waals surface area contributed by atoms with E-state index in [1.54, 1.807) is 0 Å². The molecule has 1 aromatic rings. The lowest BCUT2D eigenvalue weighted by Gasteiger charge is -2.45. The maximum atomic E-state index is 13.6. The Hall–Kier alpha value is -0.990. The van der Waals surface area contributed by atoms with Crippen LogP contribution in [0.3, 0.4) is 0 Å². The molecule has 0 nitrogen and oxygen atoms in total. The standard InChI is InChI=1S/C23H31F3/c1-14-2-4-15(5-3-14)16-6-7-18-11-19(9-8-17(18)10-16)20-12-21(24)23(26)22(25)13-20/h12-19H,2-11H2,1H3. The van der Waals surface area contributed by atoms with Crippen molar-refractivity contribution in [2.75, 3.05) is 0 Å². The maximum Gasteiger partial charge on any atom is 0.194 e. The molecule has 4 atom stereocenters. The Morgan fingerprint density at radius 2 is 1.15 bits per heavy atom. The predicted octanol–water partition coefficient (Wildman–Crippen LogP) is 7.23. The molecule has 3 heteroatoms. The van der Waals surface area contributed by atoms with Crippen molar-refractivity contribution in [1.82, 2.24) is 0 Å². The molecule has 0 bridgehead atoms. The van der Waals surface area contributed by atoms with Crippen LogP contribution < -0.4 is 0 Å². The van der Waals surface area contributed by atoms with Gasteiger partial charge in [-0.25, -0.2) is 13.2 Å². The maximum absolute atomic E-state index is 13.6. The molecule has 26 heavy (non-hydrogen) atoms. The van der Waals surface area contributed by atoms with E-state index in [1.165, 1.54) is 57.1 Å². The summed E-state index contributed by atoms with van der Waals surface area (Å²) >= 11 is 0. The van der Waals surface area contributed by atoms with Crippen molar-refractivity contribution < 1.29 is 13.2 Å². The zero-order valence-electron chi connectivity index (χ0n) is 15.8. The Morgan fingerprint density at radius 1 is 0.654 bits per heavy atom. The van der Waals surface area contributed by atoms with Crippen molar-refractivity contribution >= 4 is 0 Å². The van der Waals surface area contributed by atoms with E-state index in [0.717, 1.165) is 42.9 Å². The van der Waals surface area contributed by atoms with Crippen molar-refractivity contribution in [2.24, 2.45) is 29.6 Å². The molecule has 3 aliphatic carbocycles. The lowest BCUT2D eigenvalue weighted by molar-refractivity contribution is 0.0731. The van der Waals surface area contributed by atoms with Gasteiger partial charge in [0.05, 0.1) is 0 Å². The molecule has 0 aliphatic heterocycles. The highest BCUT2D eigenvalue weighted by molar-refractivity contribution is 5.24. The van der Waals surface area contributed by atoms with Gasteiger partial charge in [0, 0.05) is 0 Å². The summed E-state index contributed by atoms with van der Waals surface area (Å²) in [5.41, 5.74) is 0.656. The molecule has 3 aliphatic rings. The Morgan fingerprint density at radius 3 is 1.81 bits per heavy atom. The fourth-order valence-electron chi connectivity index (χ4n) is 6.22. The molecule has 0 N–H and O–H groups in total. The number of rotatable bonds is 2. The number of fused-ring (bicyclic) bond motifs is 1. The van der Waals surface area contributed by atoms with Crippen LogP contribution in [-0.4, -0.2) is 0 Å². The Labute approximate surface area is 155 Å². The number of halogens is 3. The van der Waals surface area contributed by atoms with Crippen LogP contribution in [0.1, 0.15) is 82.6 Å². The average molecular weight is 364 g/mol. The van der Waals surface area contributed by atoms with E-state index in [4.69, 9.17) is 0 Å². The zero-order chi connectivity index (χ0) is 18.3. The fraction of sp³-hybridized carbons (Fsp3) is 0.739. The Balaban J connectivity index is 1.38. The SMILES string of the molecule is CC1CCC(C2CCC3CC(c4cc(F)c(F)c(F)c4)CCC3C2)CC1. The van der Waals surface area contributed by atoms with Gasteiger partial charge in [-0.3, -0.25) is 0 Å². The predicted molar refractivity (Wildman–Crippen MR) is 98.4 cm³/mol. The van der Waals surface area contributed by atoms with Crippen LogP contribution in [0.5, 0.6) is 0 Å². The molecule has 0 aromatic heterocycles. The minimum absolute atomic E-state index is 0.188. The fourth-order valence-corrected chi connectivity index (χ4v) is 6.22. The number of hydrogen-bond donors (Lipinski definition) is 0. The van der Waals surface area contributed by atoms with Crippen LogP contribution in [0.15, 0.2) is 12.1 Å². The topological polar surface area (TPSA) is 0 Å². The smallest absolute Gasteiger partial charge is 0.194 e. The van der Waals surface area contributed by atoms with Crippen molar-refractivity contribution in [3.05, 3.63) is 35.1 Å². The molecule has 3 saturated carbocycles. The molecule has 0 radical (unpaired) electrons. The second-order valence-electron chi connectivity index (χ2n) is 9.42. The lowest BCUT2D eigenvalue weighted by Crippen LogP contribution is -2.34. The average Bonchev–Trinajstić information content (AvgIpc) is 2.65. The first-order valence-electron chi connectivity index (χ1n) is 10.7. The third-order valence-electron chi connectivity index (χ3n) is 7.86. The van der Waals surface area contributed by atoms with Crippen LogP contribution in [-0.2, 0) is 0 Å². The normalized spacial score (nSPS) is 38.0. The molecule has 144 valence electrons. The second-order valence-corrected chi connectivity index (χ2v) is 9.42. The van der Waals surface area contributed by atoms with Gasteiger partial charge in [0.1, 0.15) is 0 Å². The number of benzene rings is 1. The van der Waals surface area contributed by atoms with Crippen LogP contribution in [0.25, 0.3) is 0 Å². The van der Waals surface area contributed by atoms with Crippen molar-refractivity contribution in [3.8, 4) is 0 Å². The third-order valence-corrected chi connectivity index (χ3v) is 7.86. The summed E-state index contributed by atoms with van der Waals surface area (Å²) in [7, 11) is 0. The minimum atomic E-state index is -1.34. The van der Waals surface area contributed by atoms with Gasteiger partial charge in [-0.05, 0) is 105 Å². The molecular weight excluding hydrogens is 333 g/mol. The summed E-state index contributed by atoms with van der Waals surface area (Å²) in [5.74, 6) is 0.983. The lowest BCUT2D eigenvalue weighted by atomic mass is 9.60. The third kappa shape index (κ3) is 3.68. The Kier molecular flexibility index (Phi) is 5.34. The molecule has 3 fully saturated rings. The largest absolute Gasteiger partial charge is 0.204 e. The van der Waals surface area contributed by atoms with Gasteiger partial charge in [-0.1, -0.05) is 19.8 Å². The van der Waals surface area contributed by atoms with E-state index in [2.05, 4.69) is 6.92 Å². The first-order valence-corrected chi connectivity index (χ1v) is 10.7. The summed E-state index contributed by atoms with van der Waals surface area (Å²) in [6.07, 6.45) is 12.8. The van der Waals surface area contributed by atoms with Crippen LogP contribution >= 0.6 is 0 Å². The molecule has 4 rings (SSSR count). The molecule has 0 heterocycles. The van der Waals surface area contributed by atoms with E-state index in [9.17, 15) is 13.2 Å². The molecule has 1 aromatic carbocycles. The zero-order valence-corrected chi connectivity index (χ0v) is 15.8. The highest BCUT2D eigenvalue weighted by Gasteiger charge is 2.39. The van der Waals surface area contributed by atoms with E-state index in [-0.39, 0.29) is 5.92 Å². The minimum Gasteiger partial charge on any atom is -0.204 e. The molecule has 4 unspecified atom stereocenters. The summed E-state index contributed by atoms with van der Waals surface area (Å²) in [4.78, 5) is 0. The van der Waals surface area contributed by atoms with Gasteiger partial charge in [-0.2, -0.15) is 0 Å². The van der Waals surface area contributed by atoms with Gasteiger partial charge in [-0.15, -0.1) is 0 Å². The molecular formula is C23H31F3. The van der Waals surface area contributed by atoms with Gasteiger partial charge in [0.15, 0.2) is 17.5 Å². The summed E-state index contributed by atoms with van der Waals surface area (Å²) in [5, 5.41) is 0.